The van der Waals surface area contributed by atoms with Crippen LogP contribution < -0.4 is 10.6 Å². The van der Waals surface area contributed by atoms with Crippen molar-refractivity contribution in [3.63, 3.8) is 0 Å². The first-order valence-electron chi connectivity index (χ1n) is 7.73. The molecular formula is C17H17BrN6O. The Kier molecular flexibility index (Phi) is 5.08. The second kappa shape index (κ2) is 7.43. The summed E-state index contributed by atoms with van der Waals surface area (Å²) in [5.74, 6) is 1.09. The summed E-state index contributed by atoms with van der Waals surface area (Å²) in [6.07, 6.45) is 1.67. The van der Waals surface area contributed by atoms with Crippen LogP contribution in [0.2, 0.25) is 0 Å². The molecule has 2 N–H and O–H groups in total. The maximum Gasteiger partial charge on any atom is 0.324 e. The normalized spacial score (nSPS) is 10.7. The van der Waals surface area contributed by atoms with E-state index in [9.17, 15) is 4.79 Å². The summed E-state index contributed by atoms with van der Waals surface area (Å²) >= 11 is 3.37. The third-order valence-corrected chi connectivity index (χ3v) is 3.92. The van der Waals surface area contributed by atoms with Gasteiger partial charge < -0.3 is 9.88 Å². The van der Waals surface area contributed by atoms with E-state index < -0.39 is 0 Å². The Balaban J connectivity index is 1.75. The van der Waals surface area contributed by atoms with Crippen LogP contribution in [-0.4, -0.2) is 25.8 Å². The maximum atomic E-state index is 12.2. The summed E-state index contributed by atoms with van der Waals surface area (Å²) < 4.78 is 2.81. The number of hydrogen-bond donors (Lipinski definition) is 2. The van der Waals surface area contributed by atoms with Crippen LogP contribution in [0.5, 0.6) is 0 Å². The molecule has 25 heavy (non-hydrogen) atoms. The van der Waals surface area contributed by atoms with Gasteiger partial charge in [-0.1, -0.05) is 28.1 Å². The van der Waals surface area contributed by atoms with Crippen molar-refractivity contribution in [3.8, 4) is 11.5 Å². The topological polar surface area (TPSA) is 84.7 Å². The number of nitrogens with one attached hydrogen (secondary N) is 2. The van der Waals surface area contributed by atoms with Gasteiger partial charge in [0.2, 0.25) is 0 Å². The van der Waals surface area contributed by atoms with Gasteiger partial charge in [0.05, 0.1) is 0 Å². The van der Waals surface area contributed by atoms with Crippen LogP contribution in [0.1, 0.15) is 19.9 Å². The number of rotatable bonds is 4. The zero-order valence-electron chi connectivity index (χ0n) is 13.8. The van der Waals surface area contributed by atoms with Crippen molar-refractivity contribution in [2.24, 2.45) is 0 Å². The number of aromatic nitrogens is 4. The van der Waals surface area contributed by atoms with Gasteiger partial charge in [0.25, 0.3) is 0 Å². The number of carbonyl (C=O) groups excluding carboxylic acids is 1. The number of pyridine rings is 1. The van der Waals surface area contributed by atoms with E-state index in [4.69, 9.17) is 0 Å². The van der Waals surface area contributed by atoms with Gasteiger partial charge in [-0.05, 0) is 44.2 Å². The first-order chi connectivity index (χ1) is 12.0. The van der Waals surface area contributed by atoms with Gasteiger partial charge in [0.15, 0.2) is 5.82 Å². The summed E-state index contributed by atoms with van der Waals surface area (Å²) in [6, 6.07) is 12.6. The molecule has 0 saturated heterocycles. The largest absolute Gasteiger partial charge is 0.324 e. The lowest BCUT2D eigenvalue weighted by Gasteiger charge is -2.11. The number of carbonyl (C=O) groups is 1. The predicted octanol–water partition coefficient (Wildman–Crippen LogP) is 4.33. The van der Waals surface area contributed by atoms with E-state index in [0.29, 0.717) is 23.0 Å². The van der Waals surface area contributed by atoms with Gasteiger partial charge in [-0.2, -0.15) is 0 Å². The molecule has 2 heterocycles. The Morgan fingerprint density at radius 3 is 2.72 bits per heavy atom. The van der Waals surface area contributed by atoms with E-state index in [-0.39, 0.29) is 12.1 Å². The average Bonchev–Trinajstić information content (AvgIpc) is 3.05. The minimum absolute atomic E-state index is 0.211. The van der Waals surface area contributed by atoms with E-state index in [0.717, 1.165) is 4.47 Å². The maximum absolute atomic E-state index is 12.2. The fourth-order valence-corrected chi connectivity index (χ4v) is 2.68. The highest BCUT2D eigenvalue weighted by molar-refractivity contribution is 9.10. The fraction of sp³-hybridized carbons (Fsp3) is 0.176. The van der Waals surface area contributed by atoms with Crippen LogP contribution in [0, 0.1) is 0 Å². The third kappa shape index (κ3) is 4.21. The molecule has 1 aromatic carbocycles. The fourth-order valence-electron chi connectivity index (χ4n) is 2.28. The van der Waals surface area contributed by atoms with Crippen LogP contribution in [0.3, 0.4) is 0 Å². The van der Waals surface area contributed by atoms with Gasteiger partial charge in [0, 0.05) is 16.2 Å². The number of urea groups is 1. The summed E-state index contributed by atoms with van der Waals surface area (Å²) in [7, 11) is 0. The zero-order valence-corrected chi connectivity index (χ0v) is 15.4. The van der Waals surface area contributed by atoms with Crippen molar-refractivity contribution < 1.29 is 4.79 Å². The van der Waals surface area contributed by atoms with E-state index in [1.165, 1.54) is 0 Å². The van der Waals surface area contributed by atoms with E-state index in [2.05, 4.69) is 41.7 Å². The van der Waals surface area contributed by atoms with Gasteiger partial charge in [-0.25, -0.2) is 9.78 Å². The van der Waals surface area contributed by atoms with Crippen LogP contribution in [0.4, 0.5) is 16.3 Å². The molecule has 0 spiro atoms. The number of halogens is 1. The Labute approximate surface area is 153 Å². The highest BCUT2D eigenvalue weighted by Gasteiger charge is 2.12. The van der Waals surface area contributed by atoms with E-state index >= 15 is 0 Å². The molecule has 0 aliphatic rings. The second-order valence-electron chi connectivity index (χ2n) is 5.65. The highest BCUT2D eigenvalue weighted by Crippen LogP contribution is 2.20. The molecule has 2 amide bonds. The molecule has 3 aromatic rings. The lowest BCUT2D eigenvalue weighted by Crippen LogP contribution is -2.20. The van der Waals surface area contributed by atoms with Gasteiger partial charge in [-0.15, -0.1) is 10.2 Å². The van der Waals surface area contributed by atoms with Crippen LogP contribution in [0.15, 0.2) is 53.3 Å². The third-order valence-electron chi connectivity index (χ3n) is 3.43. The minimum atomic E-state index is -0.368. The van der Waals surface area contributed by atoms with Crippen molar-refractivity contribution in [1.29, 1.82) is 0 Å². The van der Waals surface area contributed by atoms with Crippen molar-refractivity contribution in [2.75, 3.05) is 10.6 Å². The standard InChI is InChI=1S/C17H17BrN6O/c1-11(2)24-10-19-23-16(24)14-7-4-8-15(21-14)22-17(25)20-13-6-3-5-12(18)9-13/h3-11H,1-2H3,(H2,20,21,22,25). The van der Waals surface area contributed by atoms with Crippen molar-refractivity contribution in [3.05, 3.63) is 53.3 Å². The molecule has 0 aliphatic carbocycles. The molecule has 0 saturated carbocycles. The first kappa shape index (κ1) is 17.1. The number of amides is 2. The molecule has 0 atom stereocenters. The number of anilines is 2. The SMILES string of the molecule is CC(C)n1cnnc1-c1cccc(NC(=O)Nc2cccc(Br)c2)n1. The van der Waals surface area contributed by atoms with Gasteiger partial charge in [0.1, 0.15) is 17.8 Å². The summed E-state index contributed by atoms with van der Waals surface area (Å²) in [6.45, 7) is 4.08. The molecule has 0 bridgehead atoms. The Hall–Kier alpha value is -2.74. The van der Waals surface area contributed by atoms with Crippen molar-refractivity contribution >= 4 is 33.5 Å². The number of benzene rings is 1. The Bertz CT molecular complexity index is 892. The molecular weight excluding hydrogens is 384 g/mol. The molecule has 7 nitrogen and oxygen atoms in total. The van der Waals surface area contributed by atoms with Crippen LogP contribution >= 0.6 is 15.9 Å². The van der Waals surface area contributed by atoms with E-state index in [1.807, 2.05) is 48.7 Å². The molecule has 8 heteroatoms. The lowest BCUT2D eigenvalue weighted by molar-refractivity contribution is 0.262. The molecule has 0 unspecified atom stereocenters. The van der Waals surface area contributed by atoms with E-state index in [1.54, 1.807) is 18.5 Å². The number of hydrogen-bond acceptors (Lipinski definition) is 4. The van der Waals surface area contributed by atoms with Crippen molar-refractivity contribution in [1.82, 2.24) is 19.7 Å². The van der Waals surface area contributed by atoms with Crippen LogP contribution in [-0.2, 0) is 0 Å². The van der Waals surface area contributed by atoms with Gasteiger partial charge in [-0.3, -0.25) is 5.32 Å². The first-order valence-corrected chi connectivity index (χ1v) is 8.53. The predicted molar refractivity (Wildman–Crippen MR) is 100 cm³/mol. The monoisotopic (exact) mass is 400 g/mol. The number of nitrogens with zero attached hydrogens (tertiary/aromatic N) is 4. The van der Waals surface area contributed by atoms with Gasteiger partial charge >= 0.3 is 6.03 Å². The molecule has 0 fully saturated rings. The second-order valence-corrected chi connectivity index (χ2v) is 6.57. The molecule has 128 valence electrons. The minimum Gasteiger partial charge on any atom is -0.310 e. The average molecular weight is 401 g/mol. The molecule has 2 aromatic heterocycles. The smallest absolute Gasteiger partial charge is 0.310 e. The van der Waals surface area contributed by atoms with Crippen LogP contribution in [0.25, 0.3) is 11.5 Å². The summed E-state index contributed by atoms with van der Waals surface area (Å²) in [5.41, 5.74) is 1.33. The Morgan fingerprint density at radius 1 is 1.16 bits per heavy atom. The molecule has 0 radical (unpaired) electrons. The van der Waals surface area contributed by atoms with Crippen molar-refractivity contribution in [2.45, 2.75) is 19.9 Å². The summed E-state index contributed by atoms with van der Waals surface area (Å²) in [5, 5.41) is 13.6. The highest BCUT2D eigenvalue weighted by atomic mass is 79.9. The molecule has 0 aliphatic heterocycles. The lowest BCUT2D eigenvalue weighted by atomic mass is 10.3. The quantitative estimate of drug-likeness (QED) is 0.682. The molecule has 3 rings (SSSR count). The Morgan fingerprint density at radius 2 is 1.96 bits per heavy atom. The summed E-state index contributed by atoms with van der Waals surface area (Å²) in [4.78, 5) is 16.6. The zero-order chi connectivity index (χ0) is 17.8.